The molecule has 0 aliphatic heterocycles. The molecule has 4 N–H and O–H groups in total. The Morgan fingerprint density at radius 1 is 0.935 bits per heavy atom. The lowest BCUT2D eigenvalue weighted by atomic mass is 10.1. The highest BCUT2D eigenvalue weighted by Crippen LogP contribution is 2.17. The molecule has 0 saturated heterocycles. The van der Waals surface area contributed by atoms with Crippen LogP contribution in [0.3, 0.4) is 0 Å². The van der Waals surface area contributed by atoms with Gasteiger partial charge in [0.1, 0.15) is 18.4 Å². The molecule has 0 heterocycles. The lowest BCUT2D eigenvalue weighted by Gasteiger charge is -2.06. The second kappa shape index (κ2) is 11.9. The van der Waals surface area contributed by atoms with E-state index in [0.717, 1.165) is 5.56 Å². The molecule has 0 aliphatic rings. The largest absolute Gasteiger partial charge is 0.507 e. The first-order chi connectivity index (χ1) is 14.9. The van der Waals surface area contributed by atoms with Crippen LogP contribution in [-0.2, 0) is 22.6 Å². The summed E-state index contributed by atoms with van der Waals surface area (Å²) < 4.78 is 5.12. The smallest absolute Gasteiger partial charge is 0.338 e. The Kier molecular flexibility index (Phi) is 8.94. The number of carbonyl (C=O) groups is 3. The maximum Gasteiger partial charge on any atom is 0.338 e. The van der Waals surface area contributed by atoms with Crippen molar-refractivity contribution in [3.8, 4) is 5.75 Å². The number of hydrogen-bond donors (Lipinski definition) is 3. The van der Waals surface area contributed by atoms with Gasteiger partial charge in [-0.1, -0.05) is 54.6 Å². The number of hydrogen-bond acceptors (Lipinski definition) is 6. The summed E-state index contributed by atoms with van der Waals surface area (Å²) in [5, 5.41) is 17.9. The van der Waals surface area contributed by atoms with Crippen LogP contribution in [0.25, 0.3) is 0 Å². The van der Waals surface area contributed by atoms with Crippen LogP contribution in [0.2, 0.25) is 0 Å². The summed E-state index contributed by atoms with van der Waals surface area (Å²) >= 11 is 0. The summed E-state index contributed by atoms with van der Waals surface area (Å²) in [7, 11) is 0. The number of esters is 1. The van der Waals surface area contributed by atoms with E-state index >= 15 is 0 Å². The summed E-state index contributed by atoms with van der Waals surface area (Å²) in [5.41, 5.74) is 7.59. The number of carboxylic acid groups (broad SMARTS) is 1. The Hall–Kier alpha value is -3.97. The van der Waals surface area contributed by atoms with E-state index in [1.54, 1.807) is 30.3 Å². The van der Waals surface area contributed by atoms with Crippen molar-refractivity contribution in [3.63, 3.8) is 0 Å². The molecule has 31 heavy (non-hydrogen) atoms. The molecule has 7 heteroatoms. The van der Waals surface area contributed by atoms with E-state index in [-0.39, 0.29) is 17.9 Å². The molecule has 0 aromatic heterocycles. The standard InChI is InChI=1S/C15H12O4.C9H11NO2/c16-9-13-8-11(6-7-14(13)17)10-19-15(18)12-4-2-1-3-5-12;10-8(9(11)12)6-7-4-2-1-3-5-7/h1-9,17H,10H2;1-5,8H,6,10H2,(H,11,12)/t;8-/m.0/s1. The average molecular weight is 421 g/mol. The molecular weight excluding hydrogens is 398 g/mol. The molecule has 0 spiro atoms. The van der Waals surface area contributed by atoms with E-state index in [1.165, 1.54) is 12.1 Å². The van der Waals surface area contributed by atoms with Crippen LogP contribution < -0.4 is 5.73 Å². The first kappa shape index (κ1) is 23.3. The third kappa shape index (κ3) is 7.75. The number of rotatable bonds is 7. The molecule has 0 fully saturated rings. The minimum absolute atomic E-state index is 0.0504. The number of phenolic OH excluding ortho intramolecular Hbond substituents is 1. The lowest BCUT2D eigenvalue weighted by Crippen LogP contribution is -2.32. The molecule has 3 rings (SSSR count). The van der Waals surface area contributed by atoms with E-state index in [0.29, 0.717) is 23.8 Å². The average Bonchev–Trinajstić information content (AvgIpc) is 2.80. The molecular formula is C24H23NO6. The fourth-order valence-electron chi connectivity index (χ4n) is 2.55. The molecule has 0 bridgehead atoms. The summed E-state index contributed by atoms with van der Waals surface area (Å²) in [6, 6.07) is 21.7. The molecule has 3 aromatic rings. The molecule has 0 radical (unpaired) electrons. The zero-order valence-electron chi connectivity index (χ0n) is 16.7. The fraction of sp³-hybridized carbons (Fsp3) is 0.125. The van der Waals surface area contributed by atoms with Crippen LogP contribution in [0.4, 0.5) is 0 Å². The minimum atomic E-state index is -0.959. The van der Waals surface area contributed by atoms with E-state index < -0.39 is 18.0 Å². The van der Waals surface area contributed by atoms with Crippen LogP contribution in [0.15, 0.2) is 78.9 Å². The van der Waals surface area contributed by atoms with Crippen molar-refractivity contribution < 1.29 is 29.3 Å². The number of aldehydes is 1. The van der Waals surface area contributed by atoms with Crippen LogP contribution in [0.5, 0.6) is 5.75 Å². The fourth-order valence-corrected chi connectivity index (χ4v) is 2.55. The van der Waals surface area contributed by atoms with Crippen LogP contribution in [0, 0.1) is 0 Å². The van der Waals surface area contributed by atoms with Gasteiger partial charge in [0.05, 0.1) is 11.1 Å². The maximum absolute atomic E-state index is 11.7. The van der Waals surface area contributed by atoms with Gasteiger partial charge in [0.25, 0.3) is 0 Å². The predicted octanol–water partition coefficient (Wildman–Crippen LogP) is 3.20. The molecule has 1 atom stereocenters. The molecule has 7 nitrogen and oxygen atoms in total. The topological polar surface area (TPSA) is 127 Å². The molecule has 160 valence electrons. The van der Waals surface area contributed by atoms with Crippen LogP contribution in [-0.4, -0.2) is 34.5 Å². The number of carboxylic acids is 1. The van der Waals surface area contributed by atoms with Gasteiger partial charge in [0, 0.05) is 0 Å². The minimum Gasteiger partial charge on any atom is -0.507 e. The van der Waals surface area contributed by atoms with Crippen LogP contribution in [0.1, 0.15) is 31.8 Å². The van der Waals surface area contributed by atoms with E-state index in [2.05, 4.69) is 0 Å². The zero-order chi connectivity index (χ0) is 22.6. The second-order valence-corrected chi connectivity index (χ2v) is 6.59. The molecule has 0 amide bonds. The Balaban J connectivity index is 0.000000245. The molecule has 0 aliphatic carbocycles. The summed E-state index contributed by atoms with van der Waals surface area (Å²) in [6.07, 6.45) is 0.939. The Labute approximate surface area is 179 Å². The van der Waals surface area contributed by atoms with Crippen molar-refractivity contribution in [1.82, 2.24) is 0 Å². The summed E-state index contributed by atoms with van der Waals surface area (Å²) in [4.78, 5) is 32.7. The molecule has 0 saturated carbocycles. The third-order valence-electron chi connectivity index (χ3n) is 4.21. The maximum atomic E-state index is 11.7. The number of phenols is 1. The highest BCUT2D eigenvalue weighted by atomic mass is 16.5. The van der Waals surface area contributed by atoms with Crippen LogP contribution >= 0.6 is 0 Å². The van der Waals surface area contributed by atoms with E-state index in [4.69, 9.17) is 15.6 Å². The quantitative estimate of drug-likeness (QED) is 0.395. The number of nitrogens with two attached hydrogens (primary N) is 1. The van der Waals surface area contributed by atoms with Crippen molar-refractivity contribution in [1.29, 1.82) is 0 Å². The van der Waals surface area contributed by atoms with Crippen molar-refractivity contribution >= 4 is 18.2 Å². The highest BCUT2D eigenvalue weighted by molar-refractivity contribution is 5.89. The Morgan fingerprint density at radius 3 is 2.13 bits per heavy atom. The number of benzene rings is 3. The molecule has 0 unspecified atom stereocenters. The first-order valence-corrected chi connectivity index (χ1v) is 9.42. The van der Waals surface area contributed by atoms with Crippen molar-refractivity contribution in [2.45, 2.75) is 19.1 Å². The Bertz CT molecular complexity index is 1010. The zero-order valence-corrected chi connectivity index (χ0v) is 16.7. The van der Waals surface area contributed by atoms with Gasteiger partial charge in [0.2, 0.25) is 0 Å². The monoisotopic (exact) mass is 421 g/mol. The van der Waals surface area contributed by atoms with Gasteiger partial charge < -0.3 is 20.7 Å². The number of aromatic hydroxyl groups is 1. The summed E-state index contributed by atoms with van der Waals surface area (Å²) in [6.45, 7) is 0.0504. The van der Waals surface area contributed by atoms with E-state index in [1.807, 2.05) is 36.4 Å². The highest BCUT2D eigenvalue weighted by Gasteiger charge is 2.11. The van der Waals surface area contributed by atoms with Gasteiger partial charge in [-0.3, -0.25) is 9.59 Å². The Morgan fingerprint density at radius 2 is 1.55 bits per heavy atom. The first-order valence-electron chi connectivity index (χ1n) is 9.42. The van der Waals surface area contributed by atoms with Crippen molar-refractivity contribution in [2.24, 2.45) is 5.73 Å². The third-order valence-corrected chi connectivity index (χ3v) is 4.21. The second-order valence-electron chi connectivity index (χ2n) is 6.59. The van der Waals surface area contributed by atoms with Gasteiger partial charge in [-0.05, 0) is 41.8 Å². The van der Waals surface area contributed by atoms with Gasteiger partial charge in [0.15, 0.2) is 6.29 Å². The summed E-state index contributed by atoms with van der Waals surface area (Å²) in [5.74, 6) is -1.48. The predicted molar refractivity (Wildman–Crippen MR) is 115 cm³/mol. The van der Waals surface area contributed by atoms with Gasteiger partial charge >= 0.3 is 11.9 Å². The number of carbonyl (C=O) groups excluding carboxylic acids is 2. The van der Waals surface area contributed by atoms with E-state index in [9.17, 15) is 19.5 Å². The lowest BCUT2D eigenvalue weighted by molar-refractivity contribution is -0.138. The SMILES string of the molecule is N[C@@H](Cc1ccccc1)C(=O)O.O=Cc1cc(COC(=O)c2ccccc2)ccc1O. The number of aliphatic carboxylic acids is 1. The van der Waals surface area contributed by atoms with Crippen molar-refractivity contribution in [2.75, 3.05) is 0 Å². The molecule has 3 aromatic carbocycles. The van der Waals surface area contributed by atoms with Gasteiger partial charge in [-0.25, -0.2) is 4.79 Å². The normalized spacial score (nSPS) is 10.9. The number of ether oxygens (including phenoxy) is 1. The van der Waals surface area contributed by atoms with Crippen molar-refractivity contribution in [3.05, 3.63) is 101 Å². The van der Waals surface area contributed by atoms with Gasteiger partial charge in [-0.2, -0.15) is 0 Å². The van der Waals surface area contributed by atoms with Gasteiger partial charge in [-0.15, -0.1) is 0 Å².